The maximum Gasteiger partial charge on any atom is 0.409 e. The van der Waals surface area contributed by atoms with E-state index in [1.54, 1.807) is 4.90 Å². The molecule has 1 saturated heterocycles. The minimum Gasteiger partial charge on any atom is -0.450 e. The fraction of sp³-hybridized carbons (Fsp3) is 0.500. The molecule has 5 nitrogen and oxygen atoms in total. The second-order valence-electron chi connectivity index (χ2n) is 5.07. The van der Waals surface area contributed by atoms with Gasteiger partial charge in [-0.3, -0.25) is 9.69 Å². The number of Topliss-reactive ketones (excluding diaryl/α,β-unsaturated/α-hetero) is 1. The molecule has 1 heterocycles. The summed E-state index contributed by atoms with van der Waals surface area (Å²) < 4.78 is 4.99. The zero-order valence-electron chi connectivity index (χ0n) is 12.5. The minimum absolute atomic E-state index is 0.170. The molecule has 0 unspecified atom stereocenters. The van der Waals surface area contributed by atoms with Gasteiger partial charge in [0.05, 0.1) is 6.61 Å². The summed E-state index contributed by atoms with van der Waals surface area (Å²) in [6.45, 7) is 5.87. The van der Waals surface area contributed by atoms with Gasteiger partial charge in [-0.15, -0.1) is 0 Å². The minimum atomic E-state index is -0.238. The van der Waals surface area contributed by atoms with E-state index in [4.69, 9.17) is 4.74 Å². The van der Waals surface area contributed by atoms with Crippen LogP contribution in [-0.2, 0) is 4.74 Å². The molecule has 0 aromatic heterocycles. The van der Waals surface area contributed by atoms with Gasteiger partial charge in [0, 0.05) is 44.7 Å². The van der Waals surface area contributed by atoms with Crippen molar-refractivity contribution >= 4 is 11.9 Å². The quantitative estimate of drug-likeness (QED) is 0.779. The van der Waals surface area contributed by atoms with Crippen molar-refractivity contribution < 1.29 is 14.3 Å². The van der Waals surface area contributed by atoms with Crippen LogP contribution in [0.4, 0.5) is 4.79 Å². The number of piperazine rings is 1. The molecule has 1 aliphatic rings. The fourth-order valence-electron chi connectivity index (χ4n) is 2.40. The Balaban J connectivity index is 1.72. The summed E-state index contributed by atoms with van der Waals surface area (Å²) in [5.74, 6) is 0.170. The molecule has 114 valence electrons. The number of carbonyl (C=O) groups excluding carboxylic acids is 2. The molecule has 0 atom stereocenters. The van der Waals surface area contributed by atoms with E-state index in [-0.39, 0.29) is 11.9 Å². The van der Waals surface area contributed by atoms with Gasteiger partial charge in [-0.25, -0.2) is 4.79 Å². The Morgan fingerprint density at radius 2 is 1.76 bits per heavy atom. The molecule has 1 fully saturated rings. The normalized spacial score (nSPS) is 15.8. The van der Waals surface area contributed by atoms with Crippen LogP contribution in [0, 0.1) is 0 Å². The average molecular weight is 290 g/mol. The Morgan fingerprint density at radius 1 is 1.10 bits per heavy atom. The highest BCUT2D eigenvalue weighted by atomic mass is 16.6. The molecule has 0 aliphatic carbocycles. The molecule has 0 N–H and O–H groups in total. The van der Waals surface area contributed by atoms with E-state index in [1.807, 2.05) is 37.3 Å². The first-order valence-corrected chi connectivity index (χ1v) is 7.43. The van der Waals surface area contributed by atoms with Crippen LogP contribution in [0.3, 0.4) is 0 Å². The Hall–Kier alpha value is -1.88. The standard InChI is InChI=1S/C16H22N2O3/c1-2-21-16(20)18-12-10-17(11-13-18)9-8-15(19)14-6-4-3-5-7-14/h3-7H,2,8-13H2,1H3. The van der Waals surface area contributed by atoms with Crippen molar-refractivity contribution in [1.82, 2.24) is 9.80 Å². The topological polar surface area (TPSA) is 49.9 Å². The number of ether oxygens (including phenoxy) is 1. The van der Waals surface area contributed by atoms with Crippen molar-refractivity contribution in [2.24, 2.45) is 0 Å². The predicted octanol–water partition coefficient (Wildman–Crippen LogP) is 2.03. The van der Waals surface area contributed by atoms with E-state index in [9.17, 15) is 9.59 Å². The smallest absolute Gasteiger partial charge is 0.409 e. The molecule has 0 saturated carbocycles. The number of amides is 1. The van der Waals surface area contributed by atoms with Crippen LogP contribution in [0.1, 0.15) is 23.7 Å². The molecule has 1 aromatic rings. The SMILES string of the molecule is CCOC(=O)N1CCN(CCC(=O)c2ccccc2)CC1. The van der Waals surface area contributed by atoms with Gasteiger partial charge in [-0.1, -0.05) is 30.3 Å². The van der Waals surface area contributed by atoms with Crippen LogP contribution in [0.15, 0.2) is 30.3 Å². The summed E-state index contributed by atoms with van der Waals surface area (Å²) in [7, 11) is 0. The molecule has 1 amide bonds. The molecule has 1 aromatic carbocycles. The van der Waals surface area contributed by atoms with E-state index in [0.717, 1.165) is 25.2 Å². The molecule has 1 aliphatic heterocycles. The lowest BCUT2D eigenvalue weighted by atomic mass is 10.1. The predicted molar refractivity (Wildman–Crippen MR) is 80.4 cm³/mol. The molecule has 0 radical (unpaired) electrons. The van der Waals surface area contributed by atoms with Crippen molar-refractivity contribution in [3.8, 4) is 0 Å². The van der Waals surface area contributed by atoms with E-state index < -0.39 is 0 Å². The molecule has 0 spiro atoms. The molecular weight excluding hydrogens is 268 g/mol. The highest BCUT2D eigenvalue weighted by Crippen LogP contribution is 2.07. The van der Waals surface area contributed by atoms with Gasteiger partial charge in [0.15, 0.2) is 5.78 Å². The zero-order valence-corrected chi connectivity index (χ0v) is 12.5. The van der Waals surface area contributed by atoms with Gasteiger partial charge in [0.25, 0.3) is 0 Å². The lowest BCUT2D eigenvalue weighted by molar-refractivity contribution is 0.0764. The van der Waals surface area contributed by atoms with Crippen molar-refractivity contribution in [2.45, 2.75) is 13.3 Å². The second-order valence-corrected chi connectivity index (χ2v) is 5.07. The Morgan fingerprint density at radius 3 is 2.38 bits per heavy atom. The Kier molecular flexibility index (Phi) is 5.75. The highest BCUT2D eigenvalue weighted by molar-refractivity contribution is 5.96. The lowest BCUT2D eigenvalue weighted by Crippen LogP contribution is -2.49. The first kappa shape index (κ1) is 15.5. The third-order valence-corrected chi connectivity index (χ3v) is 3.65. The fourth-order valence-corrected chi connectivity index (χ4v) is 2.40. The molecule has 21 heavy (non-hydrogen) atoms. The molecule has 0 bridgehead atoms. The van der Waals surface area contributed by atoms with Crippen LogP contribution in [0.25, 0.3) is 0 Å². The third kappa shape index (κ3) is 4.56. The monoisotopic (exact) mass is 290 g/mol. The zero-order chi connectivity index (χ0) is 15.1. The van der Waals surface area contributed by atoms with E-state index >= 15 is 0 Å². The second kappa shape index (κ2) is 7.78. The highest BCUT2D eigenvalue weighted by Gasteiger charge is 2.22. The van der Waals surface area contributed by atoms with Gasteiger partial charge >= 0.3 is 6.09 Å². The van der Waals surface area contributed by atoms with E-state index in [0.29, 0.717) is 26.1 Å². The van der Waals surface area contributed by atoms with Gasteiger partial charge in [0.1, 0.15) is 0 Å². The molecular formula is C16H22N2O3. The van der Waals surface area contributed by atoms with Crippen molar-refractivity contribution in [1.29, 1.82) is 0 Å². The summed E-state index contributed by atoms with van der Waals surface area (Å²) in [5.41, 5.74) is 0.766. The summed E-state index contributed by atoms with van der Waals surface area (Å²) in [4.78, 5) is 27.6. The Bertz CT molecular complexity index is 468. The van der Waals surface area contributed by atoms with Gasteiger partial charge in [-0.2, -0.15) is 0 Å². The van der Waals surface area contributed by atoms with Crippen LogP contribution < -0.4 is 0 Å². The van der Waals surface area contributed by atoms with Gasteiger partial charge in [-0.05, 0) is 6.92 Å². The van der Waals surface area contributed by atoms with Crippen LogP contribution >= 0.6 is 0 Å². The van der Waals surface area contributed by atoms with Gasteiger partial charge < -0.3 is 9.64 Å². The van der Waals surface area contributed by atoms with Crippen LogP contribution in [0.2, 0.25) is 0 Å². The number of ketones is 1. The third-order valence-electron chi connectivity index (χ3n) is 3.65. The van der Waals surface area contributed by atoms with Crippen molar-refractivity contribution in [3.05, 3.63) is 35.9 Å². The first-order chi connectivity index (χ1) is 10.2. The van der Waals surface area contributed by atoms with E-state index in [2.05, 4.69) is 4.90 Å². The summed E-state index contributed by atoms with van der Waals surface area (Å²) in [6.07, 6.45) is 0.279. The average Bonchev–Trinajstić information content (AvgIpc) is 2.54. The van der Waals surface area contributed by atoms with E-state index in [1.165, 1.54) is 0 Å². The summed E-state index contributed by atoms with van der Waals surface area (Å²) in [6, 6.07) is 9.37. The Labute approximate surface area is 125 Å². The van der Waals surface area contributed by atoms with Crippen molar-refractivity contribution in [3.63, 3.8) is 0 Å². The molecule has 5 heteroatoms. The number of carbonyl (C=O) groups is 2. The van der Waals surface area contributed by atoms with Gasteiger partial charge in [0.2, 0.25) is 0 Å². The first-order valence-electron chi connectivity index (χ1n) is 7.43. The van der Waals surface area contributed by atoms with Crippen LogP contribution in [0.5, 0.6) is 0 Å². The number of hydrogen-bond acceptors (Lipinski definition) is 4. The lowest BCUT2D eigenvalue weighted by Gasteiger charge is -2.33. The number of hydrogen-bond donors (Lipinski definition) is 0. The molecule has 2 rings (SSSR count). The summed E-state index contributed by atoms with van der Waals surface area (Å²) >= 11 is 0. The number of rotatable bonds is 5. The van der Waals surface area contributed by atoms with Crippen LogP contribution in [-0.4, -0.2) is 61.0 Å². The number of benzene rings is 1. The maximum absolute atomic E-state index is 12.0. The number of nitrogens with zero attached hydrogens (tertiary/aromatic N) is 2. The largest absolute Gasteiger partial charge is 0.450 e. The summed E-state index contributed by atoms with van der Waals surface area (Å²) in [5, 5.41) is 0. The maximum atomic E-state index is 12.0. The van der Waals surface area contributed by atoms with Crippen molar-refractivity contribution in [2.75, 3.05) is 39.3 Å².